The van der Waals surface area contributed by atoms with Crippen LogP contribution in [0.2, 0.25) is 0 Å². The minimum absolute atomic E-state index is 0.135. The number of carbonyl (C=O) groups excluding carboxylic acids is 1. The van der Waals surface area contributed by atoms with Crippen molar-refractivity contribution in [2.75, 3.05) is 13.2 Å². The molecule has 0 aliphatic carbocycles. The molecule has 0 aliphatic rings. The molecule has 7 nitrogen and oxygen atoms in total. The number of hydrogen-bond acceptors (Lipinski definition) is 7. The largest absolute Gasteiger partial charge is 0.490 e. The SMILES string of the molecule is O=C(OCc1nnc(-c2ccccc2)o1)c1ccccc1OCCOc1ccccc1. The van der Waals surface area contributed by atoms with Crippen LogP contribution in [0.1, 0.15) is 16.2 Å². The Morgan fingerprint density at radius 3 is 2.26 bits per heavy atom. The topological polar surface area (TPSA) is 83.7 Å². The molecule has 0 atom stereocenters. The summed E-state index contributed by atoms with van der Waals surface area (Å²) >= 11 is 0. The van der Waals surface area contributed by atoms with Gasteiger partial charge in [-0.2, -0.15) is 0 Å². The number of para-hydroxylation sites is 2. The molecule has 1 aromatic heterocycles. The van der Waals surface area contributed by atoms with E-state index in [-0.39, 0.29) is 19.1 Å². The van der Waals surface area contributed by atoms with Crippen molar-refractivity contribution >= 4 is 5.97 Å². The van der Waals surface area contributed by atoms with Gasteiger partial charge in [-0.25, -0.2) is 4.79 Å². The van der Waals surface area contributed by atoms with Crippen LogP contribution < -0.4 is 9.47 Å². The number of carbonyl (C=O) groups is 1. The van der Waals surface area contributed by atoms with Crippen LogP contribution in [0, 0.1) is 0 Å². The molecular weight excluding hydrogens is 396 g/mol. The summed E-state index contributed by atoms with van der Waals surface area (Å²) in [5.41, 5.74) is 1.11. The lowest BCUT2D eigenvalue weighted by Crippen LogP contribution is -2.12. The maximum Gasteiger partial charge on any atom is 0.342 e. The maximum atomic E-state index is 12.5. The Morgan fingerprint density at radius 2 is 1.45 bits per heavy atom. The lowest BCUT2D eigenvalue weighted by Gasteiger charge is -2.11. The van der Waals surface area contributed by atoms with E-state index in [9.17, 15) is 4.79 Å². The number of rotatable bonds is 9. The highest BCUT2D eigenvalue weighted by atomic mass is 16.5. The normalized spacial score (nSPS) is 10.5. The first-order valence-corrected chi connectivity index (χ1v) is 9.74. The Hall–Kier alpha value is -4.13. The second-order valence-electron chi connectivity index (χ2n) is 6.45. The lowest BCUT2D eigenvalue weighted by atomic mass is 10.2. The van der Waals surface area contributed by atoms with Gasteiger partial charge in [-0.1, -0.05) is 48.5 Å². The third-order valence-corrected chi connectivity index (χ3v) is 4.27. The fraction of sp³-hybridized carbons (Fsp3) is 0.125. The predicted octanol–water partition coefficient (Wildman–Crippen LogP) is 4.55. The highest BCUT2D eigenvalue weighted by molar-refractivity contribution is 5.92. The Balaban J connectivity index is 1.31. The van der Waals surface area contributed by atoms with E-state index in [0.717, 1.165) is 11.3 Å². The minimum Gasteiger partial charge on any atom is -0.490 e. The molecule has 0 N–H and O–H groups in total. The molecule has 4 rings (SSSR count). The highest BCUT2D eigenvalue weighted by Gasteiger charge is 2.16. The Labute approximate surface area is 179 Å². The summed E-state index contributed by atoms with van der Waals surface area (Å²) in [6.07, 6.45) is 0. The van der Waals surface area contributed by atoms with E-state index in [2.05, 4.69) is 10.2 Å². The van der Waals surface area contributed by atoms with Crippen molar-refractivity contribution in [3.05, 3.63) is 96.4 Å². The van der Waals surface area contributed by atoms with Crippen LogP contribution in [0.25, 0.3) is 11.5 Å². The second-order valence-corrected chi connectivity index (χ2v) is 6.45. The van der Waals surface area contributed by atoms with Crippen molar-refractivity contribution in [3.63, 3.8) is 0 Å². The fourth-order valence-electron chi connectivity index (χ4n) is 2.80. The molecule has 0 aliphatic heterocycles. The van der Waals surface area contributed by atoms with Crippen LogP contribution in [0.4, 0.5) is 0 Å². The number of hydrogen-bond donors (Lipinski definition) is 0. The third-order valence-electron chi connectivity index (χ3n) is 4.27. The summed E-state index contributed by atoms with van der Waals surface area (Å²) in [6, 6.07) is 25.7. The van der Waals surface area contributed by atoms with Crippen molar-refractivity contribution in [2.45, 2.75) is 6.61 Å². The van der Waals surface area contributed by atoms with Crippen molar-refractivity contribution in [1.29, 1.82) is 0 Å². The summed E-state index contributed by atoms with van der Waals surface area (Å²) in [6.45, 7) is 0.491. The third kappa shape index (κ3) is 5.48. The predicted molar refractivity (Wildman–Crippen MR) is 113 cm³/mol. The van der Waals surface area contributed by atoms with Gasteiger partial charge in [0.05, 0.1) is 0 Å². The van der Waals surface area contributed by atoms with Crippen molar-refractivity contribution in [3.8, 4) is 23.0 Å². The molecule has 0 saturated heterocycles. The Bertz CT molecular complexity index is 1110. The molecule has 0 spiro atoms. The average molecular weight is 416 g/mol. The average Bonchev–Trinajstić information content (AvgIpc) is 3.31. The Morgan fingerprint density at radius 1 is 0.774 bits per heavy atom. The quantitative estimate of drug-likeness (QED) is 0.292. The van der Waals surface area contributed by atoms with Crippen molar-refractivity contribution < 1.29 is 23.4 Å². The van der Waals surface area contributed by atoms with E-state index in [1.807, 2.05) is 60.7 Å². The van der Waals surface area contributed by atoms with E-state index < -0.39 is 5.97 Å². The summed E-state index contributed by atoms with van der Waals surface area (Å²) in [4.78, 5) is 12.5. The van der Waals surface area contributed by atoms with Crippen molar-refractivity contribution in [1.82, 2.24) is 10.2 Å². The second kappa shape index (κ2) is 10.1. The summed E-state index contributed by atoms with van der Waals surface area (Å²) in [7, 11) is 0. The highest BCUT2D eigenvalue weighted by Crippen LogP contribution is 2.21. The summed E-state index contributed by atoms with van der Waals surface area (Å²) < 4.78 is 22.2. The molecule has 4 aromatic rings. The first-order valence-electron chi connectivity index (χ1n) is 9.74. The molecule has 7 heteroatoms. The van der Waals surface area contributed by atoms with Gasteiger partial charge in [-0.05, 0) is 36.4 Å². The van der Waals surface area contributed by atoms with E-state index >= 15 is 0 Å². The Kier molecular flexibility index (Phi) is 6.54. The van der Waals surface area contributed by atoms with Crippen LogP contribution in [0.3, 0.4) is 0 Å². The summed E-state index contributed by atoms with van der Waals surface area (Å²) in [5, 5.41) is 7.91. The van der Waals surface area contributed by atoms with Gasteiger partial charge in [-0.15, -0.1) is 10.2 Å². The molecule has 1 heterocycles. The van der Waals surface area contributed by atoms with Gasteiger partial charge in [0, 0.05) is 5.56 Å². The van der Waals surface area contributed by atoms with Crippen LogP contribution in [-0.2, 0) is 11.3 Å². The number of ether oxygens (including phenoxy) is 3. The van der Waals surface area contributed by atoms with E-state index in [1.54, 1.807) is 24.3 Å². The van der Waals surface area contributed by atoms with Crippen LogP contribution >= 0.6 is 0 Å². The molecule has 0 amide bonds. The molecule has 0 unspecified atom stereocenters. The lowest BCUT2D eigenvalue weighted by molar-refractivity contribution is 0.0433. The van der Waals surface area contributed by atoms with Gasteiger partial charge < -0.3 is 18.6 Å². The molecule has 0 bridgehead atoms. The van der Waals surface area contributed by atoms with E-state index in [4.69, 9.17) is 18.6 Å². The first kappa shape index (κ1) is 20.2. The number of benzene rings is 3. The molecule has 31 heavy (non-hydrogen) atoms. The number of aromatic nitrogens is 2. The molecule has 0 saturated carbocycles. The zero-order valence-corrected chi connectivity index (χ0v) is 16.6. The first-order chi connectivity index (χ1) is 15.3. The zero-order valence-electron chi connectivity index (χ0n) is 16.6. The van der Waals surface area contributed by atoms with Crippen LogP contribution in [-0.4, -0.2) is 29.4 Å². The van der Waals surface area contributed by atoms with E-state index in [0.29, 0.717) is 23.8 Å². The maximum absolute atomic E-state index is 12.5. The van der Waals surface area contributed by atoms with E-state index in [1.165, 1.54) is 0 Å². The minimum atomic E-state index is -0.543. The fourth-order valence-corrected chi connectivity index (χ4v) is 2.80. The molecule has 0 radical (unpaired) electrons. The van der Waals surface area contributed by atoms with Crippen molar-refractivity contribution in [2.24, 2.45) is 0 Å². The van der Waals surface area contributed by atoms with Crippen LogP contribution in [0.5, 0.6) is 11.5 Å². The van der Waals surface area contributed by atoms with Gasteiger partial charge >= 0.3 is 5.97 Å². The van der Waals surface area contributed by atoms with Crippen LogP contribution in [0.15, 0.2) is 89.3 Å². The van der Waals surface area contributed by atoms with Gasteiger partial charge in [0.1, 0.15) is 30.3 Å². The van der Waals surface area contributed by atoms with Gasteiger partial charge in [0.2, 0.25) is 5.89 Å². The molecule has 0 fully saturated rings. The smallest absolute Gasteiger partial charge is 0.342 e. The molecule has 3 aromatic carbocycles. The zero-order chi connectivity index (χ0) is 21.3. The van der Waals surface area contributed by atoms with Gasteiger partial charge in [0.25, 0.3) is 5.89 Å². The van der Waals surface area contributed by atoms with Gasteiger partial charge in [-0.3, -0.25) is 0 Å². The molecule has 156 valence electrons. The molecular formula is C24H20N2O5. The number of esters is 1. The summed E-state index contributed by atoms with van der Waals surface area (Å²) in [5.74, 6) is 1.21. The standard InChI is InChI=1S/C24H20N2O5/c27-24(30-17-22-25-26-23(31-22)18-9-3-1-4-10-18)20-13-7-8-14-21(20)29-16-15-28-19-11-5-2-6-12-19/h1-14H,15-17H2. The van der Waals surface area contributed by atoms with Gasteiger partial charge in [0.15, 0.2) is 6.61 Å². The monoisotopic (exact) mass is 416 g/mol. The number of nitrogens with zero attached hydrogens (tertiary/aromatic N) is 2.